The number of esters is 1. The van der Waals surface area contributed by atoms with Crippen molar-refractivity contribution in [2.75, 3.05) is 6.26 Å². The van der Waals surface area contributed by atoms with Crippen LogP contribution in [0.15, 0.2) is 30.3 Å². The largest absolute Gasteiger partial charge is 0.453 e. The maximum atomic E-state index is 12.4. The van der Waals surface area contributed by atoms with E-state index in [0.717, 1.165) is 0 Å². The molecule has 126 valence electrons. The van der Waals surface area contributed by atoms with Crippen LogP contribution < -0.4 is 0 Å². The average molecular weight is 338 g/mol. The van der Waals surface area contributed by atoms with E-state index in [1.165, 1.54) is 0 Å². The van der Waals surface area contributed by atoms with Crippen LogP contribution in [0.3, 0.4) is 0 Å². The smallest absolute Gasteiger partial charge is 0.338 e. The number of hydrogen-bond donors (Lipinski definition) is 0. The summed E-state index contributed by atoms with van der Waals surface area (Å²) in [6, 6.07) is 8.94. The van der Waals surface area contributed by atoms with E-state index in [1.807, 2.05) is 45.2 Å². The summed E-state index contributed by atoms with van der Waals surface area (Å²) in [7, 11) is 0. The molecule has 0 amide bonds. The molecular weight excluding hydrogens is 316 g/mol. The van der Waals surface area contributed by atoms with Gasteiger partial charge in [-0.2, -0.15) is 0 Å². The van der Waals surface area contributed by atoms with E-state index in [1.54, 1.807) is 23.9 Å². The highest BCUT2D eigenvalue weighted by molar-refractivity contribution is 7.99. The van der Waals surface area contributed by atoms with Crippen molar-refractivity contribution in [3.05, 3.63) is 35.9 Å². The lowest BCUT2D eigenvalue weighted by atomic mass is 10.0. The zero-order valence-corrected chi connectivity index (χ0v) is 14.5. The van der Waals surface area contributed by atoms with E-state index in [-0.39, 0.29) is 29.7 Å². The lowest BCUT2D eigenvalue weighted by Gasteiger charge is -2.39. The topological polar surface area (TPSA) is 54.0 Å². The van der Waals surface area contributed by atoms with Crippen LogP contribution in [-0.4, -0.2) is 47.9 Å². The monoisotopic (exact) mass is 338 g/mol. The fraction of sp³-hybridized carbons (Fsp3) is 0.588. The Labute approximate surface area is 140 Å². The maximum Gasteiger partial charge on any atom is 0.338 e. The molecule has 5 atom stereocenters. The van der Waals surface area contributed by atoms with Gasteiger partial charge in [-0.3, -0.25) is 0 Å². The van der Waals surface area contributed by atoms with Gasteiger partial charge in [0.15, 0.2) is 11.9 Å². The van der Waals surface area contributed by atoms with Gasteiger partial charge in [-0.1, -0.05) is 18.2 Å². The minimum atomic E-state index is -0.714. The number of fused-ring (bicyclic) bond motifs is 1. The van der Waals surface area contributed by atoms with Crippen molar-refractivity contribution in [2.24, 2.45) is 0 Å². The summed E-state index contributed by atoms with van der Waals surface area (Å²) in [4.78, 5) is 12.4. The third kappa shape index (κ3) is 3.40. The molecule has 0 bridgehead atoms. The zero-order chi connectivity index (χ0) is 16.6. The molecule has 0 aromatic heterocycles. The van der Waals surface area contributed by atoms with Crippen LogP contribution in [0.2, 0.25) is 0 Å². The summed E-state index contributed by atoms with van der Waals surface area (Å²) in [6.07, 6.45) is 0.611. The van der Waals surface area contributed by atoms with Gasteiger partial charge in [0.05, 0.1) is 11.7 Å². The van der Waals surface area contributed by atoms with Gasteiger partial charge >= 0.3 is 5.97 Å². The molecule has 0 saturated carbocycles. The molecule has 23 heavy (non-hydrogen) atoms. The van der Waals surface area contributed by atoms with Crippen molar-refractivity contribution in [3.63, 3.8) is 0 Å². The molecule has 3 rings (SSSR count). The van der Waals surface area contributed by atoms with Crippen LogP contribution in [0.1, 0.15) is 31.1 Å². The summed E-state index contributed by atoms with van der Waals surface area (Å²) in [5.41, 5.74) is 0.380. The lowest BCUT2D eigenvalue weighted by molar-refractivity contribution is -0.161. The quantitative estimate of drug-likeness (QED) is 0.790. The molecule has 0 unspecified atom stereocenters. The summed E-state index contributed by atoms with van der Waals surface area (Å²) in [5.74, 6) is -1.09. The molecule has 2 saturated heterocycles. The number of benzene rings is 1. The zero-order valence-electron chi connectivity index (χ0n) is 13.7. The van der Waals surface area contributed by atoms with Crippen LogP contribution in [0.5, 0.6) is 0 Å². The van der Waals surface area contributed by atoms with E-state index in [9.17, 15) is 4.79 Å². The molecular formula is C17H22O5S. The van der Waals surface area contributed by atoms with E-state index in [0.29, 0.717) is 5.56 Å². The van der Waals surface area contributed by atoms with Crippen LogP contribution in [0.25, 0.3) is 0 Å². The number of thioether (sulfide) groups is 1. The van der Waals surface area contributed by atoms with Crippen molar-refractivity contribution >= 4 is 17.7 Å². The van der Waals surface area contributed by atoms with Gasteiger partial charge in [0, 0.05) is 0 Å². The van der Waals surface area contributed by atoms with Crippen molar-refractivity contribution in [1.82, 2.24) is 0 Å². The second kappa shape index (κ2) is 6.43. The SMILES string of the molecule is CS[C@@H]1O[C@@H](C)[C@H](OC(=O)c2ccccc2)[C@H]2OC(C)(C)O[C@H]21. The van der Waals surface area contributed by atoms with Crippen molar-refractivity contribution in [1.29, 1.82) is 0 Å². The molecule has 2 aliphatic heterocycles. The van der Waals surface area contributed by atoms with Gasteiger partial charge in [0.1, 0.15) is 17.6 Å². The second-order valence-electron chi connectivity index (χ2n) is 6.25. The fourth-order valence-corrected chi connectivity index (χ4v) is 3.80. The first-order chi connectivity index (χ1) is 10.9. The van der Waals surface area contributed by atoms with Crippen LogP contribution in [0.4, 0.5) is 0 Å². The molecule has 5 nitrogen and oxygen atoms in total. The van der Waals surface area contributed by atoms with Gasteiger partial charge in [-0.05, 0) is 39.2 Å². The van der Waals surface area contributed by atoms with E-state index >= 15 is 0 Å². The van der Waals surface area contributed by atoms with Crippen LogP contribution >= 0.6 is 11.8 Å². The van der Waals surface area contributed by atoms with Crippen LogP contribution in [0, 0.1) is 0 Å². The molecule has 0 aliphatic carbocycles. The Balaban J connectivity index is 1.79. The molecule has 6 heteroatoms. The molecule has 1 aromatic rings. The van der Waals surface area contributed by atoms with E-state index < -0.39 is 11.9 Å². The third-order valence-electron chi connectivity index (χ3n) is 4.05. The molecule has 0 N–H and O–H groups in total. The first-order valence-corrected chi connectivity index (χ1v) is 9.00. The number of hydrogen-bond acceptors (Lipinski definition) is 6. The third-order valence-corrected chi connectivity index (χ3v) is 4.90. The maximum absolute atomic E-state index is 12.4. The Morgan fingerprint density at radius 1 is 1.17 bits per heavy atom. The number of carbonyl (C=O) groups is 1. The first-order valence-electron chi connectivity index (χ1n) is 7.71. The Morgan fingerprint density at radius 2 is 1.83 bits per heavy atom. The standard InChI is InChI=1S/C17H22O5S/c1-10-12(20-15(18)11-8-6-5-7-9-11)13-14(16(19-10)23-4)22-17(2,3)21-13/h5-10,12-14,16H,1-4H3/t10-,12-,13+,14+,16-/m0/s1. The highest BCUT2D eigenvalue weighted by Gasteiger charge is 2.55. The normalized spacial score (nSPS) is 35.6. The molecule has 0 spiro atoms. The van der Waals surface area contributed by atoms with Gasteiger partial charge < -0.3 is 18.9 Å². The predicted octanol–water partition coefficient (Wildman–Crippen LogP) is 2.84. The molecule has 2 aliphatic rings. The summed E-state index contributed by atoms with van der Waals surface area (Å²) in [6.45, 7) is 5.63. The number of rotatable bonds is 3. The van der Waals surface area contributed by atoms with Crippen molar-refractivity contribution < 1.29 is 23.7 Å². The van der Waals surface area contributed by atoms with Crippen molar-refractivity contribution in [3.8, 4) is 0 Å². The lowest BCUT2D eigenvalue weighted by Crippen LogP contribution is -2.55. The van der Waals surface area contributed by atoms with E-state index in [4.69, 9.17) is 18.9 Å². The van der Waals surface area contributed by atoms with Gasteiger partial charge in [-0.15, -0.1) is 11.8 Å². The highest BCUT2D eigenvalue weighted by Crippen LogP contribution is 2.41. The van der Waals surface area contributed by atoms with Crippen molar-refractivity contribution in [2.45, 2.75) is 56.4 Å². The minimum absolute atomic E-state index is 0.136. The second-order valence-corrected chi connectivity index (χ2v) is 7.18. The Bertz CT molecular complexity index is 561. The molecule has 0 radical (unpaired) electrons. The Kier molecular flexibility index (Phi) is 4.69. The number of carbonyl (C=O) groups excluding carboxylic acids is 1. The van der Waals surface area contributed by atoms with Gasteiger partial charge in [0.2, 0.25) is 0 Å². The predicted molar refractivity (Wildman–Crippen MR) is 87.3 cm³/mol. The Hall–Kier alpha value is -1.08. The average Bonchev–Trinajstić information content (AvgIpc) is 2.86. The van der Waals surface area contributed by atoms with Gasteiger partial charge in [0.25, 0.3) is 0 Å². The highest BCUT2D eigenvalue weighted by atomic mass is 32.2. The summed E-state index contributed by atoms with van der Waals surface area (Å²) in [5, 5.41) is 0. The van der Waals surface area contributed by atoms with Crippen LogP contribution in [-0.2, 0) is 18.9 Å². The van der Waals surface area contributed by atoms with Gasteiger partial charge in [-0.25, -0.2) is 4.79 Å². The summed E-state index contributed by atoms with van der Waals surface area (Å²) < 4.78 is 23.7. The minimum Gasteiger partial charge on any atom is -0.453 e. The van der Waals surface area contributed by atoms with E-state index in [2.05, 4.69) is 0 Å². The summed E-state index contributed by atoms with van der Waals surface area (Å²) >= 11 is 1.58. The number of ether oxygens (including phenoxy) is 4. The Morgan fingerprint density at radius 3 is 2.48 bits per heavy atom. The fourth-order valence-electron chi connectivity index (χ4n) is 3.03. The molecule has 1 aromatic carbocycles. The molecule has 2 fully saturated rings. The molecule has 2 heterocycles. The first kappa shape index (κ1) is 16.8.